The molecule has 1 saturated carbocycles. The first-order chi connectivity index (χ1) is 7.68. The molecule has 0 spiro atoms. The molecule has 0 heterocycles. The first-order valence-electron chi connectivity index (χ1n) is 6.12. The lowest BCUT2D eigenvalue weighted by molar-refractivity contribution is -0.150. The minimum Gasteiger partial charge on any atom is -0.462 e. The van der Waals surface area contributed by atoms with E-state index in [9.17, 15) is 9.59 Å². The van der Waals surface area contributed by atoms with Crippen LogP contribution in [0.25, 0.3) is 0 Å². The quantitative estimate of drug-likeness (QED) is 0.575. The highest BCUT2D eigenvalue weighted by Gasteiger charge is 2.17. The van der Waals surface area contributed by atoms with E-state index in [1.54, 1.807) is 0 Å². The molecule has 1 aliphatic rings. The standard InChI is InChI=1S/C12H21NO3/c1-10(14)13-9-5-8-12(15)16-11-6-3-2-4-7-11/h11H,2-9H2,1H3,(H,13,14). The van der Waals surface area contributed by atoms with Gasteiger partial charge in [0.05, 0.1) is 0 Å². The van der Waals surface area contributed by atoms with Gasteiger partial charge in [0.1, 0.15) is 6.10 Å². The van der Waals surface area contributed by atoms with E-state index in [0.717, 1.165) is 12.8 Å². The average Bonchev–Trinajstić information content (AvgIpc) is 2.25. The number of carbonyl (C=O) groups excluding carboxylic acids is 2. The van der Waals surface area contributed by atoms with Crippen LogP contribution in [0.15, 0.2) is 0 Å². The molecule has 0 aromatic carbocycles. The zero-order valence-corrected chi connectivity index (χ0v) is 9.96. The number of ether oxygens (including phenoxy) is 1. The Labute approximate surface area is 96.7 Å². The molecule has 4 nitrogen and oxygen atoms in total. The zero-order chi connectivity index (χ0) is 11.8. The Hall–Kier alpha value is -1.06. The molecule has 0 aliphatic heterocycles. The first-order valence-corrected chi connectivity index (χ1v) is 6.12. The maximum Gasteiger partial charge on any atom is 0.306 e. The summed E-state index contributed by atoms with van der Waals surface area (Å²) in [5.74, 6) is -0.183. The molecule has 0 saturated heterocycles. The van der Waals surface area contributed by atoms with Crippen LogP contribution in [0.2, 0.25) is 0 Å². The summed E-state index contributed by atoms with van der Waals surface area (Å²) in [6, 6.07) is 0. The number of esters is 1. The zero-order valence-electron chi connectivity index (χ0n) is 9.96. The Kier molecular flexibility index (Phi) is 5.90. The molecule has 0 radical (unpaired) electrons. The highest BCUT2D eigenvalue weighted by Crippen LogP contribution is 2.20. The fourth-order valence-electron chi connectivity index (χ4n) is 1.92. The lowest BCUT2D eigenvalue weighted by Crippen LogP contribution is -2.23. The highest BCUT2D eigenvalue weighted by molar-refractivity contribution is 5.73. The maximum atomic E-state index is 11.4. The van der Waals surface area contributed by atoms with Crippen molar-refractivity contribution in [1.29, 1.82) is 0 Å². The van der Waals surface area contributed by atoms with Crippen LogP contribution in [0.4, 0.5) is 0 Å². The first kappa shape index (κ1) is 13.0. The summed E-state index contributed by atoms with van der Waals surface area (Å²) in [5, 5.41) is 2.66. The minimum atomic E-state index is -0.128. The van der Waals surface area contributed by atoms with Gasteiger partial charge in [-0.25, -0.2) is 0 Å². The number of amides is 1. The van der Waals surface area contributed by atoms with E-state index in [4.69, 9.17) is 4.74 Å². The third-order valence-electron chi connectivity index (χ3n) is 2.78. The summed E-state index contributed by atoms with van der Waals surface area (Å²) in [5.41, 5.74) is 0. The molecule has 92 valence electrons. The maximum absolute atomic E-state index is 11.4. The molecular weight excluding hydrogens is 206 g/mol. The predicted molar refractivity (Wildman–Crippen MR) is 60.9 cm³/mol. The molecule has 0 unspecified atom stereocenters. The number of rotatable bonds is 5. The molecule has 16 heavy (non-hydrogen) atoms. The van der Waals surface area contributed by atoms with Gasteiger partial charge in [0.2, 0.25) is 5.91 Å². The lowest BCUT2D eigenvalue weighted by atomic mass is 9.98. The van der Waals surface area contributed by atoms with Gasteiger partial charge in [-0.15, -0.1) is 0 Å². The monoisotopic (exact) mass is 227 g/mol. The van der Waals surface area contributed by atoms with Gasteiger partial charge in [-0.3, -0.25) is 9.59 Å². The van der Waals surface area contributed by atoms with Crippen LogP contribution < -0.4 is 5.32 Å². The summed E-state index contributed by atoms with van der Waals surface area (Å²) in [6.45, 7) is 2.02. The van der Waals surface area contributed by atoms with Crippen LogP contribution in [-0.2, 0) is 14.3 Å². The number of hydrogen-bond donors (Lipinski definition) is 1. The van der Waals surface area contributed by atoms with Crippen LogP contribution in [0.3, 0.4) is 0 Å². The molecule has 4 heteroatoms. The normalized spacial score (nSPS) is 16.8. The van der Waals surface area contributed by atoms with E-state index in [-0.39, 0.29) is 18.0 Å². The summed E-state index contributed by atoms with van der Waals surface area (Å²) in [7, 11) is 0. The third-order valence-corrected chi connectivity index (χ3v) is 2.78. The Balaban J connectivity index is 2.03. The molecule has 1 aliphatic carbocycles. The van der Waals surface area contributed by atoms with Gasteiger partial charge in [-0.2, -0.15) is 0 Å². The van der Waals surface area contributed by atoms with Gasteiger partial charge in [0, 0.05) is 19.9 Å². The van der Waals surface area contributed by atoms with Crippen LogP contribution >= 0.6 is 0 Å². The van der Waals surface area contributed by atoms with Gasteiger partial charge >= 0.3 is 5.97 Å². The number of carbonyl (C=O) groups is 2. The molecular formula is C12H21NO3. The van der Waals surface area contributed by atoms with Gasteiger partial charge in [0.15, 0.2) is 0 Å². The molecule has 0 aromatic heterocycles. The molecule has 1 amide bonds. The Morgan fingerprint density at radius 1 is 1.25 bits per heavy atom. The molecule has 1 rings (SSSR count). The van der Waals surface area contributed by atoms with Crippen molar-refractivity contribution in [3.63, 3.8) is 0 Å². The summed E-state index contributed by atoms with van der Waals surface area (Å²) in [6.07, 6.45) is 6.82. The van der Waals surface area contributed by atoms with Crippen molar-refractivity contribution in [2.45, 2.75) is 58.0 Å². The minimum absolute atomic E-state index is 0.0550. The second kappa shape index (κ2) is 7.25. The van der Waals surface area contributed by atoms with Crippen LogP contribution in [0, 0.1) is 0 Å². The van der Waals surface area contributed by atoms with Gasteiger partial charge < -0.3 is 10.1 Å². The summed E-state index contributed by atoms with van der Waals surface area (Å²) < 4.78 is 5.35. The number of hydrogen-bond acceptors (Lipinski definition) is 3. The van der Waals surface area contributed by atoms with Crippen molar-refractivity contribution >= 4 is 11.9 Å². The summed E-state index contributed by atoms with van der Waals surface area (Å²) in [4.78, 5) is 22.0. The molecule has 1 N–H and O–H groups in total. The fourth-order valence-corrected chi connectivity index (χ4v) is 1.92. The van der Waals surface area contributed by atoms with E-state index >= 15 is 0 Å². The number of nitrogens with one attached hydrogen (secondary N) is 1. The van der Waals surface area contributed by atoms with Crippen molar-refractivity contribution in [3.8, 4) is 0 Å². The fraction of sp³-hybridized carbons (Fsp3) is 0.833. The van der Waals surface area contributed by atoms with Crippen LogP contribution in [0.5, 0.6) is 0 Å². The molecule has 0 bridgehead atoms. The van der Waals surface area contributed by atoms with E-state index in [1.165, 1.54) is 26.2 Å². The van der Waals surface area contributed by atoms with Crippen molar-refractivity contribution < 1.29 is 14.3 Å². The van der Waals surface area contributed by atoms with Crippen molar-refractivity contribution in [3.05, 3.63) is 0 Å². The topological polar surface area (TPSA) is 55.4 Å². The van der Waals surface area contributed by atoms with E-state index in [0.29, 0.717) is 19.4 Å². The predicted octanol–water partition coefficient (Wildman–Crippen LogP) is 1.78. The molecule has 0 atom stereocenters. The van der Waals surface area contributed by atoms with E-state index in [2.05, 4.69) is 5.32 Å². The Bertz CT molecular complexity index is 234. The average molecular weight is 227 g/mol. The summed E-state index contributed by atoms with van der Waals surface area (Å²) >= 11 is 0. The SMILES string of the molecule is CC(=O)NCCCC(=O)OC1CCCCC1. The lowest BCUT2D eigenvalue weighted by Gasteiger charge is -2.21. The smallest absolute Gasteiger partial charge is 0.306 e. The molecule has 0 aromatic rings. The van der Waals surface area contributed by atoms with E-state index < -0.39 is 0 Å². The van der Waals surface area contributed by atoms with Crippen LogP contribution in [0.1, 0.15) is 51.9 Å². The van der Waals surface area contributed by atoms with Crippen molar-refractivity contribution in [2.24, 2.45) is 0 Å². The highest BCUT2D eigenvalue weighted by atomic mass is 16.5. The second-order valence-corrected chi connectivity index (χ2v) is 4.34. The van der Waals surface area contributed by atoms with E-state index in [1.807, 2.05) is 0 Å². The van der Waals surface area contributed by atoms with Gasteiger partial charge in [-0.1, -0.05) is 6.42 Å². The van der Waals surface area contributed by atoms with Crippen molar-refractivity contribution in [1.82, 2.24) is 5.32 Å². The Morgan fingerprint density at radius 3 is 2.56 bits per heavy atom. The Morgan fingerprint density at radius 2 is 1.94 bits per heavy atom. The van der Waals surface area contributed by atoms with Gasteiger partial charge in [0.25, 0.3) is 0 Å². The second-order valence-electron chi connectivity index (χ2n) is 4.34. The van der Waals surface area contributed by atoms with Crippen molar-refractivity contribution in [2.75, 3.05) is 6.54 Å². The third kappa shape index (κ3) is 5.73. The molecule has 1 fully saturated rings. The largest absolute Gasteiger partial charge is 0.462 e. The van der Waals surface area contributed by atoms with Gasteiger partial charge in [-0.05, 0) is 32.1 Å². The van der Waals surface area contributed by atoms with Crippen LogP contribution in [-0.4, -0.2) is 24.5 Å².